The van der Waals surface area contributed by atoms with Gasteiger partial charge in [0.25, 0.3) is 0 Å². The number of benzene rings is 2. The van der Waals surface area contributed by atoms with E-state index in [1.165, 1.54) is 12.3 Å². The number of hydrogen-bond donors (Lipinski definition) is 1. The number of rotatable bonds is 7. The second kappa shape index (κ2) is 11.1. The predicted molar refractivity (Wildman–Crippen MR) is 132 cm³/mol. The number of hydrogen-bond acceptors (Lipinski definition) is 5. The number of nitrogens with zero attached hydrogens (tertiary/aromatic N) is 2. The molecule has 3 unspecified atom stereocenters. The van der Waals surface area contributed by atoms with Crippen molar-refractivity contribution < 1.29 is 27.4 Å². The minimum absolute atomic E-state index is 0.0199. The Hall–Kier alpha value is -2.82. The Morgan fingerprint density at radius 2 is 1.97 bits per heavy atom. The van der Waals surface area contributed by atoms with Gasteiger partial charge in [0, 0.05) is 37.6 Å². The van der Waals surface area contributed by atoms with E-state index in [2.05, 4.69) is 6.08 Å². The van der Waals surface area contributed by atoms with Crippen molar-refractivity contribution in [2.24, 2.45) is 0 Å². The first-order chi connectivity index (χ1) is 16.1. The van der Waals surface area contributed by atoms with Crippen LogP contribution in [-0.2, 0) is 26.6 Å². The number of allylic oxidation sites excluding steroid dienone is 1. The first kappa shape index (κ1) is 25.8. The molecular formula is C24H27FN2O5S2. The number of para-hydroxylation sites is 1. The molecule has 182 valence electrons. The lowest BCUT2D eigenvalue weighted by Gasteiger charge is -2.29. The zero-order valence-electron chi connectivity index (χ0n) is 19.4. The van der Waals surface area contributed by atoms with Crippen molar-refractivity contribution >= 4 is 39.1 Å². The van der Waals surface area contributed by atoms with E-state index in [4.69, 9.17) is 9.84 Å². The van der Waals surface area contributed by atoms with Crippen LogP contribution in [0.5, 0.6) is 5.75 Å². The fraction of sp³-hybridized carbons (Fsp3) is 0.292. The standard InChI is InChI=1S/C24H27FN2O5S2/c1-16(2)10-11-18-14-27(17-8-6-5-7-9-17)20-12-23(33(4)30)21(32-15-19(25)24(28)29)13-22(20)34(31)26(18)3/h5-10,12-13,15,18H,11,14H2,1-4H3,(H,28,29)/b19-15-. The van der Waals surface area contributed by atoms with Crippen molar-refractivity contribution in [1.82, 2.24) is 4.31 Å². The average molecular weight is 507 g/mol. The van der Waals surface area contributed by atoms with Crippen LogP contribution >= 0.6 is 0 Å². The molecule has 0 saturated heterocycles. The summed E-state index contributed by atoms with van der Waals surface area (Å²) in [6.07, 6.45) is 4.65. The summed E-state index contributed by atoms with van der Waals surface area (Å²) in [7, 11) is -1.40. The number of anilines is 2. The third-order valence-corrected chi connectivity index (χ3v) is 7.81. The van der Waals surface area contributed by atoms with Crippen molar-refractivity contribution in [3.8, 4) is 5.75 Å². The Morgan fingerprint density at radius 3 is 2.56 bits per heavy atom. The summed E-state index contributed by atoms with van der Waals surface area (Å²) >= 11 is 0. The SMILES string of the molecule is CC(C)=CCC1CN(c2ccccc2)c2cc(S(C)=O)c(O/C=C(\F)C(=O)O)cc2S(=O)N1C. The van der Waals surface area contributed by atoms with E-state index in [0.717, 1.165) is 11.3 Å². The summed E-state index contributed by atoms with van der Waals surface area (Å²) in [4.78, 5) is 13.5. The maximum absolute atomic E-state index is 13.6. The molecule has 0 spiro atoms. The number of likely N-dealkylation sites (N-methyl/N-ethyl adjacent to an activating group) is 1. The number of fused-ring (bicyclic) bond motifs is 1. The van der Waals surface area contributed by atoms with Gasteiger partial charge in [-0.15, -0.1) is 0 Å². The molecule has 34 heavy (non-hydrogen) atoms. The average Bonchev–Trinajstić information content (AvgIpc) is 2.90. The van der Waals surface area contributed by atoms with Gasteiger partial charge in [-0.25, -0.2) is 13.3 Å². The van der Waals surface area contributed by atoms with E-state index < -0.39 is 33.6 Å². The molecule has 0 bridgehead atoms. The zero-order chi connectivity index (χ0) is 25.0. The minimum atomic E-state index is -1.78. The molecule has 1 aliphatic heterocycles. The summed E-state index contributed by atoms with van der Waals surface area (Å²) < 4.78 is 46.7. The van der Waals surface area contributed by atoms with Crippen LogP contribution in [0.2, 0.25) is 0 Å². The normalized spacial score (nSPS) is 19.7. The van der Waals surface area contributed by atoms with Gasteiger partial charge >= 0.3 is 5.97 Å². The van der Waals surface area contributed by atoms with Crippen LogP contribution in [0, 0.1) is 0 Å². The zero-order valence-corrected chi connectivity index (χ0v) is 21.0. The highest BCUT2D eigenvalue weighted by Crippen LogP contribution is 2.40. The summed E-state index contributed by atoms with van der Waals surface area (Å²) in [6, 6.07) is 12.6. The maximum atomic E-state index is 13.6. The monoisotopic (exact) mass is 506 g/mol. The molecule has 0 radical (unpaired) electrons. The summed E-state index contributed by atoms with van der Waals surface area (Å²) in [5.41, 5.74) is 2.62. The second-order valence-electron chi connectivity index (χ2n) is 8.02. The third-order valence-electron chi connectivity index (χ3n) is 5.34. The third kappa shape index (κ3) is 5.81. The van der Waals surface area contributed by atoms with Gasteiger partial charge in [-0.2, -0.15) is 4.39 Å². The van der Waals surface area contributed by atoms with Gasteiger partial charge < -0.3 is 14.7 Å². The van der Waals surface area contributed by atoms with Crippen molar-refractivity contribution in [2.45, 2.75) is 36.1 Å². The Balaban J connectivity index is 2.20. The topological polar surface area (TPSA) is 87.1 Å². The van der Waals surface area contributed by atoms with Crippen molar-refractivity contribution in [3.63, 3.8) is 0 Å². The molecule has 1 heterocycles. The van der Waals surface area contributed by atoms with E-state index in [9.17, 15) is 17.6 Å². The van der Waals surface area contributed by atoms with Gasteiger partial charge in [-0.1, -0.05) is 29.8 Å². The van der Waals surface area contributed by atoms with Crippen LogP contribution < -0.4 is 9.64 Å². The highest BCUT2D eigenvalue weighted by atomic mass is 32.2. The van der Waals surface area contributed by atoms with Crippen LogP contribution in [0.25, 0.3) is 0 Å². The smallest absolute Gasteiger partial charge is 0.368 e. The van der Waals surface area contributed by atoms with Gasteiger partial charge in [0.1, 0.15) is 23.0 Å². The van der Waals surface area contributed by atoms with E-state index >= 15 is 0 Å². The number of halogens is 1. The molecule has 10 heteroatoms. The molecule has 2 aromatic carbocycles. The summed E-state index contributed by atoms with van der Waals surface area (Å²) in [5.74, 6) is -3.31. The van der Waals surface area contributed by atoms with Crippen LogP contribution in [0.4, 0.5) is 15.8 Å². The molecule has 0 aliphatic carbocycles. The Bertz CT molecular complexity index is 1180. The first-order valence-corrected chi connectivity index (χ1v) is 13.1. The van der Waals surface area contributed by atoms with Gasteiger partial charge in [-0.05, 0) is 38.5 Å². The van der Waals surface area contributed by atoms with E-state index in [1.807, 2.05) is 49.1 Å². The highest BCUT2D eigenvalue weighted by molar-refractivity contribution is 7.84. The number of ether oxygens (including phenoxy) is 1. The Morgan fingerprint density at radius 1 is 1.29 bits per heavy atom. The molecule has 0 amide bonds. The van der Waals surface area contributed by atoms with E-state index in [1.54, 1.807) is 17.4 Å². The van der Waals surface area contributed by atoms with Crippen molar-refractivity contribution in [3.05, 3.63) is 66.2 Å². The van der Waals surface area contributed by atoms with Gasteiger partial charge in [0.2, 0.25) is 5.83 Å². The number of carboxylic acids is 1. The lowest BCUT2D eigenvalue weighted by atomic mass is 10.1. The van der Waals surface area contributed by atoms with Crippen LogP contribution in [-0.4, -0.2) is 49.7 Å². The molecule has 0 saturated carbocycles. The molecule has 0 aromatic heterocycles. The van der Waals surface area contributed by atoms with Gasteiger partial charge in [0.05, 0.1) is 26.3 Å². The predicted octanol–water partition coefficient (Wildman–Crippen LogP) is 4.53. The fourth-order valence-electron chi connectivity index (χ4n) is 3.53. The molecule has 3 rings (SSSR count). The first-order valence-electron chi connectivity index (χ1n) is 10.5. The van der Waals surface area contributed by atoms with Crippen molar-refractivity contribution in [1.29, 1.82) is 0 Å². The quantitative estimate of drug-likeness (QED) is 0.337. The molecule has 3 atom stereocenters. The molecule has 7 nitrogen and oxygen atoms in total. The molecule has 1 N–H and O–H groups in total. The number of carbonyl (C=O) groups is 1. The highest BCUT2D eigenvalue weighted by Gasteiger charge is 2.33. The Labute approximate surface area is 203 Å². The molecule has 1 aliphatic rings. The van der Waals surface area contributed by atoms with Crippen LogP contribution in [0.15, 0.2) is 76.0 Å². The minimum Gasteiger partial charge on any atom is -0.476 e. The summed E-state index contributed by atoms with van der Waals surface area (Å²) in [5, 5.41) is 8.77. The lowest BCUT2D eigenvalue weighted by molar-refractivity contribution is -0.134. The number of carboxylic acid groups (broad SMARTS) is 1. The van der Waals surface area contributed by atoms with Gasteiger partial charge in [0.15, 0.2) is 0 Å². The largest absolute Gasteiger partial charge is 0.476 e. The maximum Gasteiger partial charge on any atom is 0.368 e. The summed E-state index contributed by atoms with van der Waals surface area (Å²) in [6.45, 7) is 4.54. The van der Waals surface area contributed by atoms with Crippen LogP contribution in [0.1, 0.15) is 20.3 Å². The second-order valence-corrected chi connectivity index (χ2v) is 10.9. The van der Waals surface area contributed by atoms with E-state index in [0.29, 0.717) is 29.8 Å². The van der Waals surface area contributed by atoms with E-state index in [-0.39, 0.29) is 16.7 Å². The Kier molecular flexibility index (Phi) is 8.40. The fourth-order valence-corrected chi connectivity index (χ4v) is 5.48. The van der Waals surface area contributed by atoms with Gasteiger partial charge in [-0.3, -0.25) is 4.21 Å². The molecular weight excluding hydrogens is 479 g/mol. The number of aliphatic carboxylic acids is 1. The lowest BCUT2D eigenvalue weighted by Crippen LogP contribution is -2.38. The van der Waals surface area contributed by atoms with Crippen LogP contribution in [0.3, 0.4) is 0 Å². The molecule has 2 aromatic rings. The van der Waals surface area contributed by atoms with Crippen molar-refractivity contribution in [2.75, 3.05) is 24.7 Å². The molecule has 0 fully saturated rings.